The number of ether oxygens (including phenoxy) is 2. The first kappa shape index (κ1) is 7.98. The largest absolute Gasteiger partial charge is 0.396 e. The van der Waals surface area contributed by atoms with Crippen LogP contribution in [0.15, 0.2) is 0 Å². The third kappa shape index (κ3) is 1.94. The molecule has 1 atom stereocenters. The van der Waals surface area contributed by atoms with Crippen LogP contribution in [0.3, 0.4) is 0 Å². The molecule has 3 nitrogen and oxygen atoms in total. The summed E-state index contributed by atoms with van der Waals surface area (Å²) in [4.78, 5) is 0. The first-order valence-corrected chi connectivity index (χ1v) is 3.68. The number of aliphatic hydroxyl groups is 1. The summed E-state index contributed by atoms with van der Waals surface area (Å²) in [7, 11) is 0. The second-order valence-electron chi connectivity index (χ2n) is 2.60. The standard InChI is InChI=1S/C7H14O3/c1-6(2-3-8)7-9-4-5-10-7/h6-8H,2-5H2,1H3. The molecule has 0 aromatic rings. The molecule has 1 unspecified atom stereocenters. The summed E-state index contributed by atoms with van der Waals surface area (Å²) in [5.41, 5.74) is 0. The van der Waals surface area contributed by atoms with Gasteiger partial charge < -0.3 is 14.6 Å². The van der Waals surface area contributed by atoms with Crippen molar-refractivity contribution in [3.63, 3.8) is 0 Å². The Labute approximate surface area is 60.9 Å². The Bertz CT molecular complexity index is 88.9. The zero-order chi connectivity index (χ0) is 7.40. The van der Waals surface area contributed by atoms with Crippen LogP contribution >= 0.6 is 0 Å². The van der Waals surface area contributed by atoms with Gasteiger partial charge in [0.2, 0.25) is 0 Å². The molecule has 0 saturated carbocycles. The van der Waals surface area contributed by atoms with Crippen LogP contribution in [0.2, 0.25) is 0 Å². The number of rotatable bonds is 3. The molecule has 0 bridgehead atoms. The highest BCUT2D eigenvalue weighted by Crippen LogP contribution is 2.16. The van der Waals surface area contributed by atoms with Crippen molar-refractivity contribution in [2.24, 2.45) is 5.92 Å². The van der Waals surface area contributed by atoms with E-state index in [1.807, 2.05) is 6.92 Å². The van der Waals surface area contributed by atoms with Gasteiger partial charge >= 0.3 is 0 Å². The van der Waals surface area contributed by atoms with Crippen LogP contribution in [0.1, 0.15) is 13.3 Å². The van der Waals surface area contributed by atoms with Gasteiger partial charge in [-0.15, -0.1) is 0 Å². The highest BCUT2D eigenvalue weighted by atomic mass is 16.7. The van der Waals surface area contributed by atoms with Crippen LogP contribution in [0.25, 0.3) is 0 Å². The number of hydrogen-bond donors (Lipinski definition) is 1. The first-order valence-electron chi connectivity index (χ1n) is 3.68. The summed E-state index contributed by atoms with van der Waals surface area (Å²) in [6.45, 7) is 3.62. The predicted molar refractivity (Wildman–Crippen MR) is 36.6 cm³/mol. The maximum Gasteiger partial charge on any atom is 0.160 e. The Hall–Kier alpha value is -0.120. The zero-order valence-electron chi connectivity index (χ0n) is 6.25. The van der Waals surface area contributed by atoms with E-state index in [1.54, 1.807) is 0 Å². The minimum absolute atomic E-state index is 0.0767. The molecular formula is C7H14O3. The quantitative estimate of drug-likeness (QED) is 0.625. The fraction of sp³-hybridized carbons (Fsp3) is 1.00. The monoisotopic (exact) mass is 146 g/mol. The van der Waals surface area contributed by atoms with Crippen molar-refractivity contribution < 1.29 is 14.6 Å². The molecule has 0 amide bonds. The van der Waals surface area contributed by atoms with Gasteiger partial charge in [-0.3, -0.25) is 0 Å². The minimum Gasteiger partial charge on any atom is -0.396 e. The molecular weight excluding hydrogens is 132 g/mol. The van der Waals surface area contributed by atoms with E-state index in [2.05, 4.69) is 0 Å². The van der Waals surface area contributed by atoms with Crippen molar-refractivity contribution in [1.82, 2.24) is 0 Å². The third-order valence-electron chi connectivity index (χ3n) is 1.70. The Kier molecular flexibility index (Phi) is 3.12. The molecule has 1 aliphatic heterocycles. The summed E-state index contributed by atoms with van der Waals surface area (Å²) in [5.74, 6) is 0.312. The highest BCUT2D eigenvalue weighted by molar-refractivity contribution is 4.60. The SMILES string of the molecule is CC(CCO)C1OCCO1. The topological polar surface area (TPSA) is 38.7 Å². The smallest absolute Gasteiger partial charge is 0.160 e. The molecule has 0 aromatic carbocycles. The fourth-order valence-corrected chi connectivity index (χ4v) is 1.04. The highest BCUT2D eigenvalue weighted by Gasteiger charge is 2.22. The van der Waals surface area contributed by atoms with Crippen molar-refractivity contribution in [2.45, 2.75) is 19.6 Å². The van der Waals surface area contributed by atoms with E-state index in [-0.39, 0.29) is 12.9 Å². The Balaban J connectivity index is 2.18. The summed E-state index contributed by atoms with van der Waals surface area (Å²) < 4.78 is 10.5. The normalized spacial score (nSPS) is 23.4. The Morgan fingerprint density at radius 2 is 2.10 bits per heavy atom. The molecule has 0 radical (unpaired) electrons. The molecule has 1 saturated heterocycles. The maximum absolute atomic E-state index is 8.59. The van der Waals surface area contributed by atoms with Crippen LogP contribution in [0.5, 0.6) is 0 Å². The van der Waals surface area contributed by atoms with Gasteiger partial charge in [-0.1, -0.05) is 6.92 Å². The summed E-state index contributed by atoms with van der Waals surface area (Å²) >= 11 is 0. The van der Waals surface area contributed by atoms with E-state index in [1.165, 1.54) is 0 Å². The van der Waals surface area contributed by atoms with Crippen molar-refractivity contribution >= 4 is 0 Å². The van der Waals surface area contributed by atoms with Crippen LogP contribution < -0.4 is 0 Å². The summed E-state index contributed by atoms with van der Waals surface area (Å²) in [6.07, 6.45) is 0.678. The van der Waals surface area contributed by atoms with Crippen molar-refractivity contribution in [1.29, 1.82) is 0 Å². The Morgan fingerprint density at radius 1 is 1.50 bits per heavy atom. The lowest BCUT2D eigenvalue weighted by molar-refractivity contribution is -0.0829. The number of hydrogen-bond acceptors (Lipinski definition) is 3. The van der Waals surface area contributed by atoms with E-state index >= 15 is 0 Å². The van der Waals surface area contributed by atoms with E-state index in [0.29, 0.717) is 19.1 Å². The third-order valence-corrected chi connectivity index (χ3v) is 1.70. The summed E-state index contributed by atoms with van der Waals surface area (Å²) in [6, 6.07) is 0. The molecule has 1 heterocycles. The van der Waals surface area contributed by atoms with E-state index < -0.39 is 0 Å². The summed E-state index contributed by atoms with van der Waals surface area (Å²) in [5, 5.41) is 8.59. The molecule has 1 fully saturated rings. The lowest BCUT2D eigenvalue weighted by atomic mass is 10.1. The lowest BCUT2D eigenvalue weighted by Crippen LogP contribution is -2.19. The van der Waals surface area contributed by atoms with Crippen LogP contribution in [0.4, 0.5) is 0 Å². The van der Waals surface area contributed by atoms with Gasteiger partial charge in [0.1, 0.15) is 0 Å². The van der Waals surface area contributed by atoms with E-state index in [4.69, 9.17) is 14.6 Å². The van der Waals surface area contributed by atoms with Gasteiger partial charge in [-0.05, 0) is 6.42 Å². The molecule has 60 valence electrons. The molecule has 0 spiro atoms. The van der Waals surface area contributed by atoms with Gasteiger partial charge in [0.25, 0.3) is 0 Å². The van der Waals surface area contributed by atoms with Crippen molar-refractivity contribution in [3.05, 3.63) is 0 Å². The molecule has 3 heteroatoms. The number of aliphatic hydroxyl groups excluding tert-OH is 1. The predicted octanol–water partition coefficient (Wildman–Crippen LogP) is 0.378. The van der Waals surface area contributed by atoms with Gasteiger partial charge in [0, 0.05) is 12.5 Å². The van der Waals surface area contributed by atoms with Crippen LogP contribution in [0, 0.1) is 5.92 Å². The molecule has 0 aliphatic carbocycles. The maximum atomic E-state index is 8.59. The van der Waals surface area contributed by atoms with E-state index in [0.717, 1.165) is 6.42 Å². The van der Waals surface area contributed by atoms with Crippen molar-refractivity contribution in [2.75, 3.05) is 19.8 Å². The molecule has 0 aromatic heterocycles. The van der Waals surface area contributed by atoms with Gasteiger partial charge in [-0.2, -0.15) is 0 Å². The first-order chi connectivity index (χ1) is 4.84. The molecule has 1 aliphatic rings. The van der Waals surface area contributed by atoms with Gasteiger partial charge in [-0.25, -0.2) is 0 Å². The van der Waals surface area contributed by atoms with Gasteiger partial charge in [0.15, 0.2) is 6.29 Å². The van der Waals surface area contributed by atoms with Gasteiger partial charge in [0.05, 0.1) is 13.2 Å². The average molecular weight is 146 g/mol. The minimum atomic E-state index is -0.0767. The van der Waals surface area contributed by atoms with Crippen LogP contribution in [-0.2, 0) is 9.47 Å². The Morgan fingerprint density at radius 3 is 2.60 bits per heavy atom. The fourth-order valence-electron chi connectivity index (χ4n) is 1.04. The second kappa shape index (κ2) is 3.91. The van der Waals surface area contributed by atoms with Crippen LogP contribution in [-0.4, -0.2) is 31.2 Å². The lowest BCUT2D eigenvalue weighted by Gasteiger charge is -2.15. The second-order valence-corrected chi connectivity index (χ2v) is 2.60. The molecule has 1 rings (SSSR count). The molecule has 1 N–H and O–H groups in total. The molecule has 10 heavy (non-hydrogen) atoms. The zero-order valence-corrected chi connectivity index (χ0v) is 6.25. The van der Waals surface area contributed by atoms with E-state index in [9.17, 15) is 0 Å². The average Bonchev–Trinajstić information content (AvgIpc) is 2.38. The van der Waals surface area contributed by atoms with Crippen molar-refractivity contribution in [3.8, 4) is 0 Å².